The largest absolute Gasteiger partial charge is 0.496 e. The number of aryl methyl sites for hydroxylation is 1. The molecule has 0 fully saturated rings. The van der Waals surface area contributed by atoms with Crippen LogP contribution in [0.3, 0.4) is 0 Å². The van der Waals surface area contributed by atoms with Crippen LogP contribution in [0, 0.1) is 0 Å². The predicted octanol–water partition coefficient (Wildman–Crippen LogP) is 1.32. The lowest BCUT2D eigenvalue weighted by Crippen LogP contribution is -2.37. The molecular formula is C16H25IN6O3. The number of rotatable bonds is 7. The van der Waals surface area contributed by atoms with Crippen LogP contribution in [0.5, 0.6) is 17.2 Å². The lowest BCUT2D eigenvalue weighted by atomic mass is 10.1. The van der Waals surface area contributed by atoms with E-state index in [0.29, 0.717) is 36.3 Å². The van der Waals surface area contributed by atoms with Gasteiger partial charge in [0.25, 0.3) is 0 Å². The molecule has 0 saturated carbocycles. The van der Waals surface area contributed by atoms with Gasteiger partial charge in [-0.1, -0.05) is 0 Å². The summed E-state index contributed by atoms with van der Waals surface area (Å²) in [6.07, 6.45) is 1.51. The molecule has 0 aliphatic rings. The van der Waals surface area contributed by atoms with Gasteiger partial charge in [0.05, 0.1) is 40.0 Å². The highest BCUT2D eigenvalue weighted by Crippen LogP contribution is 2.33. The number of guanidine groups is 1. The number of nitrogens with zero attached hydrogens (tertiary/aromatic N) is 4. The molecule has 1 heterocycles. The lowest BCUT2D eigenvalue weighted by molar-refractivity contribution is 0.368. The third-order valence-electron chi connectivity index (χ3n) is 3.69. The lowest BCUT2D eigenvalue weighted by Gasteiger charge is -2.17. The molecule has 0 atom stereocenters. The molecule has 2 N–H and O–H groups in total. The van der Waals surface area contributed by atoms with Crippen LogP contribution in [0.25, 0.3) is 0 Å². The smallest absolute Gasteiger partial charge is 0.191 e. The zero-order valence-corrected chi connectivity index (χ0v) is 17.9. The van der Waals surface area contributed by atoms with Crippen LogP contribution in [-0.2, 0) is 20.1 Å². The molecule has 0 unspecified atom stereocenters. The maximum atomic E-state index is 5.45. The normalized spacial score (nSPS) is 10.7. The van der Waals surface area contributed by atoms with E-state index in [1.807, 2.05) is 19.2 Å². The van der Waals surface area contributed by atoms with Crippen molar-refractivity contribution in [3.05, 3.63) is 29.8 Å². The molecule has 0 amide bonds. The Hall–Kier alpha value is -2.24. The summed E-state index contributed by atoms with van der Waals surface area (Å²) in [5.74, 6) is 3.45. The zero-order valence-electron chi connectivity index (χ0n) is 15.6. The predicted molar refractivity (Wildman–Crippen MR) is 110 cm³/mol. The Morgan fingerprint density at radius 3 is 2.15 bits per heavy atom. The summed E-state index contributed by atoms with van der Waals surface area (Å²) in [4.78, 5) is 8.37. The summed E-state index contributed by atoms with van der Waals surface area (Å²) in [5, 5.41) is 10.5. The quantitative estimate of drug-likeness (QED) is 0.354. The van der Waals surface area contributed by atoms with E-state index in [4.69, 9.17) is 14.2 Å². The van der Waals surface area contributed by atoms with Crippen molar-refractivity contribution in [2.45, 2.75) is 13.1 Å². The summed E-state index contributed by atoms with van der Waals surface area (Å²) < 4.78 is 17.9. The van der Waals surface area contributed by atoms with E-state index in [0.717, 1.165) is 11.4 Å². The molecule has 0 bridgehead atoms. The van der Waals surface area contributed by atoms with E-state index in [9.17, 15) is 0 Å². The van der Waals surface area contributed by atoms with E-state index < -0.39 is 0 Å². The summed E-state index contributed by atoms with van der Waals surface area (Å²) in [6, 6.07) is 3.63. The minimum absolute atomic E-state index is 0. The molecule has 2 aromatic rings. The van der Waals surface area contributed by atoms with Crippen molar-refractivity contribution in [3.8, 4) is 17.2 Å². The van der Waals surface area contributed by atoms with Crippen molar-refractivity contribution < 1.29 is 14.2 Å². The van der Waals surface area contributed by atoms with Crippen molar-refractivity contribution in [2.75, 3.05) is 28.4 Å². The first-order valence-corrected chi connectivity index (χ1v) is 7.69. The topological polar surface area (TPSA) is 94.8 Å². The van der Waals surface area contributed by atoms with Gasteiger partial charge in [-0.2, -0.15) is 5.10 Å². The Balaban J connectivity index is 0.00000338. The molecule has 0 radical (unpaired) electrons. The Kier molecular flexibility index (Phi) is 8.96. The second-order valence-electron chi connectivity index (χ2n) is 5.09. The van der Waals surface area contributed by atoms with Gasteiger partial charge < -0.3 is 24.8 Å². The number of methoxy groups -OCH3 is 3. The van der Waals surface area contributed by atoms with Crippen LogP contribution in [0.2, 0.25) is 0 Å². The molecule has 0 spiro atoms. The van der Waals surface area contributed by atoms with Gasteiger partial charge in [0.1, 0.15) is 29.4 Å². The molecule has 10 heteroatoms. The molecule has 1 aromatic heterocycles. The molecular weight excluding hydrogens is 451 g/mol. The zero-order chi connectivity index (χ0) is 18.2. The summed E-state index contributed by atoms with van der Waals surface area (Å²) >= 11 is 0. The fraction of sp³-hybridized carbons (Fsp3) is 0.438. The van der Waals surface area contributed by atoms with Crippen molar-refractivity contribution in [2.24, 2.45) is 12.0 Å². The van der Waals surface area contributed by atoms with E-state index >= 15 is 0 Å². The monoisotopic (exact) mass is 476 g/mol. The summed E-state index contributed by atoms with van der Waals surface area (Å²) in [5.41, 5.74) is 0.868. The minimum Gasteiger partial charge on any atom is -0.496 e. The van der Waals surface area contributed by atoms with E-state index in [2.05, 4.69) is 25.7 Å². The molecule has 0 saturated heterocycles. The number of hydrogen-bond acceptors (Lipinski definition) is 6. The van der Waals surface area contributed by atoms with Gasteiger partial charge in [-0.15, -0.1) is 24.0 Å². The Bertz CT molecular complexity index is 710. The van der Waals surface area contributed by atoms with Gasteiger partial charge in [0, 0.05) is 26.2 Å². The van der Waals surface area contributed by atoms with Gasteiger partial charge in [0.2, 0.25) is 0 Å². The van der Waals surface area contributed by atoms with Crippen LogP contribution in [-0.4, -0.2) is 49.1 Å². The summed E-state index contributed by atoms with van der Waals surface area (Å²) in [7, 11) is 8.36. The number of hydrogen-bond donors (Lipinski definition) is 2. The van der Waals surface area contributed by atoms with Crippen molar-refractivity contribution >= 4 is 29.9 Å². The van der Waals surface area contributed by atoms with Crippen LogP contribution < -0.4 is 24.8 Å². The van der Waals surface area contributed by atoms with Gasteiger partial charge in [0.15, 0.2) is 5.96 Å². The minimum atomic E-state index is 0. The molecule has 0 aliphatic carbocycles. The maximum absolute atomic E-state index is 5.45. The third kappa shape index (κ3) is 5.38. The van der Waals surface area contributed by atoms with E-state index in [1.165, 1.54) is 6.33 Å². The van der Waals surface area contributed by atoms with Gasteiger partial charge in [-0.25, -0.2) is 4.98 Å². The van der Waals surface area contributed by atoms with Crippen LogP contribution >= 0.6 is 24.0 Å². The molecule has 0 aliphatic heterocycles. The second kappa shape index (κ2) is 10.7. The Labute approximate surface area is 170 Å². The van der Waals surface area contributed by atoms with Gasteiger partial charge in [-0.05, 0) is 0 Å². The van der Waals surface area contributed by atoms with E-state index in [-0.39, 0.29) is 24.0 Å². The SMILES string of the molecule is CN=C(NCc1c(OC)cc(OC)cc1OC)NCc1ncnn1C.I. The van der Waals surface area contributed by atoms with E-state index in [1.54, 1.807) is 33.1 Å². The first kappa shape index (κ1) is 21.8. The Morgan fingerprint density at radius 2 is 1.69 bits per heavy atom. The van der Waals surface area contributed by atoms with Crippen LogP contribution in [0.15, 0.2) is 23.5 Å². The highest BCUT2D eigenvalue weighted by Gasteiger charge is 2.14. The molecule has 9 nitrogen and oxygen atoms in total. The van der Waals surface area contributed by atoms with Crippen LogP contribution in [0.1, 0.15) is 11.4 Å². The van der Waals surface area contributed by atoms with Gasteiger partial charge >= 0.3 is 0 Å². The maximum Gasteiger partial charge on any atom is 0.191 e. The number of aromatic nitrogens is 3. The van der Waals surface area contributed by atoms with Crippen molar-refractivity contribution in [1.29, 1.82) is 0 Å². The first-order chi connectivity index (χ1) is 12.1. The Morgan fingerprint density at radius 1 is 1.08 bits per heavy atom. The summed E-state index contributed by atoms with van der Waals surface area (Å²) in [6.45, 7) is 0.974. The molecule has 1 aromatic carbocycles. The average Bonchev–Trinajstić information content (AvgIpc) is 3.06. The third-order valence-corrected chi connectivity index (χ3v) is 3.69. The van der Waals surface area contributed by atoms with Crippen LogP contribution in [0.4, 0.5) is 0 Å². The standard InChI is InChI=1S/C16H24N6O3.HI/c1-17-16(19-9-15-20-10-21-22(15)2)18-8-12-13(24-4)6-11(23-3)7-14(12)25-5;/h6-7,10H,8-9H2,1-5H3,(H2,17,18,19);1H. The number of aliphatic imine (C=N–C) groups is 1. The average molecular weight is 476 g/mol. The second-order valence-corrected chi connectivity index (χ2v) is 5.09. The number of benzene rings is 1. The van der Waals surface area contributed by atoms with Crippen molar-refractivity contribution in [3.63, 3.8) is 0 Å². The highest BCUT2D eigenvalue weighted by atomic mass is 127. The molecule has 2 rings (SSSR count). The van der Waals surface area contributed by atoms with Crippen molar-refractivity contribution in [1.82, 2.24) is 25.4 Å². The highest BCUT2D eigenvalue weighted by molar-refractivity contribution is 14.0. The number of halogens is 1. The fourth-order valence-electron chi connectivity index (χ4n) is 2.29. The molecule has 144 valence electrons. The number of ether oxygens (including phenoxy) is 3. The number of nitrogens with one attached hydrogen (secondary N) is 2. The van der Waals surface area contributed by atoms with Gasteiger partial charge in [-0.3, -0.25) is 9.67 Å². The fourth-order valence-corrected chi connectivity index (χ4v) is 2.29. The first-order valence-electron chi connectivity index (χ1n) is 7.69. The molecule has 26 heavy (non-hydrogen) atoms.